The molecule has 0 saturated heterocycles. The Morgan fingerprint density at radius 3 is 2.63 bits per heavy atom. The van der Waals surface area contributed by atoms with Crippen LogP contribution in [0.4, 0.5) is 5.69 Å². The molecule has 1 heterocycles. The Bertz CT molecular complexity index is 570. The van der Waals surface area contributed by atoms with Crippen LogP contribution in [0.25, 0.3) is 0 Å². The molecule has 0 bridgehead atoms. The number of ether oxygens (including phenoxy) is 1. The van der Waals surface area contributed by atoms with Crippen molar-refractivity contribution in [3.05, 3.63) is 58.3 Å². The van der Waals surface area contributed by atoms with Crippen molar-refractivity contribution in [2.45, 2.75) is 6.42 Å². The van der Waals surface area contributed by atoms with E-state index in [-0.39, 0.29) is 11.6 Å². The van der Waals surface area contributed by atoms with Crippen molar-refractivity contribution < 1.29 is 9.66 Å². The fourth-order valence-corrected chi connectivity index (χ4v) is 1.60. The average molecular weight is 259 g/mol. The lowest BCUT2D eigenvalue weighted by Gasteiger charge is -2.05. The van der Waals surface area contributed by atoms with Crippen LogP contribution in [0, 0.1) is 10.1 Å². The highest BCUT2D eigenvalue weighted by molar-refractivity contribution is 5.43. The van der Waals surface area contributed by atoms with Crippen molar-refractivity contribution >= 4 is 5.69 Å². The van der Waals surface area contributed by atoms with E-state index in [9.17, 15) is 10.1 Å². The Morgan fingerprint density at radius 1 is 1.26 bits per heavy atom. The summed E-state index contributed by atoms with van der Waals surface area (Å²) >= 11 is 0. The fraction of sp³-hybridized carbons (Fsp3) is 0.154. The smallest absolute Gasteiger partial charge is 0.331 e. The molecule has 0 spiro atoms. The van der Waals surface area contributed by atoms with Crippen LogP contribution >= 0.6 is 0 Å². The number of aromatic nitrogens is 1. The second kappa shape index (κ2) is 5.92. The highest BCUT2D eigenvalue weighted by Crippen LogP contribution is 2.28. The second-order valence-electron chi connectivity index (χ2n) is 3.87. The lowest BCUT2D eigenvalue weighted by Crippen LogP contribution is -2.02. The molecule has 0 fully saturated rings. The van der Waals surface area contributed by atoms with E-state index in [1.807, 2.05) is 12.1 Å². The van der Waals surface area contributed by atoms with E-state index < -0.39 is 4.92 Å². The van der Waals surface area contributed by atoms with Gasteiger partial charge in [0.1, 0.15) is 5.75 Å². The van der Waals surface area contributed by atoms with E-state index >= 15 is 0 Å². The molecule has 0 amide bonds. The predicted molar refractivity (Wildman–Crippen MR) is 70.2 cm³/mol. The molecule has 0 atom stereocenters. The number of nitrogens with zero attached hydrogens (tertiary/aromatic N) is 2. The van der Waals surface area contributed by atoms with Crippen LogP contribution in [-0.4, -0.2) is 16.5 Å². The molecule has 0 unspecified atom stereocenters. The lowest BCUT2D eigenvalue weighted by atomic mass is 10.1. The van der Waals surface area contributed by atoms with E-state index in [0.29, 0.717) is 12.3 Å². The van der Waals surface area contributed by atoms with Crippen LogP contribution in [0.1, 0.15) is 5.56 Å². The van der Waals surface area contributed by atoms with Crippen LogP contribution in [0.2, 0.25) is 0 Å². The summed E-state index contributed by atoms with van der Waals surface area (Å²) in [6, 6.07) is 10.1. The molecule has 1 aromatic carbocycles. The average Bonchev–Trinajstić information content (AvgIpc) is 2.42. The molecule has 2 rings (SSSR count). The third-order valence-electron chi connectivity index (χ3n) is 2.52. The summed E-state index contributed by atoms with van der Waals surface area (Å²) in [4.78, 5) is 14.2. The van der Waals surface area contributed by atoms with E-state index in [1.54, 1.807) is 12.1 Å². The molecule has 0 aliphatic heterocycles. The maximum atomic E-state index is 10.8. The van der Waals surface area contributed by atoms with Crippen LogP contribution in [0.3, 0.4) is 0 Å². The molecule has 19 heavy (non-hydrogen) atoms. The summed E-state index contributed by atoms with van der Waals surface area (Å²) in [7, 11) is 0. The number of pyridine rings is 1. The Labute approximate surface area is 110 Å². The molecule has 1 aromatic heterocycles. The standard InChI is InChI=1S/C13H13N3O3/c14-8-7-10-3-5-11(6-4-10)19-13-12(16(17)18)2-1-9-15-13/h1-6,9H,7-8,14H2. The zero-order chi connectivity index (χ0) is 13.7. The number of benzene rings is 1. The van der Waals surface area contributed by atoms with Gasteiger partial charge in [0, 0.05) is 12.3 Å². The van der Waals surface area contributed by atoms with Gasteiger partial charge in [-0.1, -0.05) is 12.1 Å². The van der Waals surface area contributed by atoms with Gasteiger partial charge in [0.25, 0.3) is 5.88 Å². The number of hydrogen-bond acceptors (Lipinski definition) is 5. The van der Waals surface area contributed by atoms with E-state index in [0.717, 1.165) is 12.0 Å². The predicted octanol–water partition coefficient (Wildman–Crippen LogP) is 2.28. The highest BCUT2D eigenvalue weighted by atomic mass is 16.6. The van der Waals surface area contributed by atoms with Crippen LogP contribution in [-0.2, 0) is 6.42 Å². The maximum Gasteiger partial charge on any atom is 0.331 e. The summed E-state index contributed by atoms with van der Waals surface area (Å²) in [6.07, 6.45) is 2.23. The van der Waals surface area contributed by atoms with Crippen molar-refractivity contribution in [1.29, 1.82) is 0 Å². The van der Waals surface area contributed by atoms with E-state index in [2.05, 4.69) is 4.98 Å². The molecule has 0 aliphatic rings. The topological polar surface area (TPSA) is 91.3 Å². The quantitative estimate of drug-likeness (QED) is 0.657. The maximum absolute atomic E-state index is 10.8. The van der Waals surface area contributed by atoms with Gasteiger partial charge in [-0.15, -0.1) is 0 Å². The Kier molecular flexibility index (Phi) is 4.04. The first-order chi connectivity index (χ1) is 9.20. The summed E-state index contributed by atoms with van der Waals surface area (Å²) in [6.45, 7) is 0.575. The van der Waals surface area contributed by atoms with Crippen molar-refractivity contribution in [2.24, 2.45) is 5.73 Å². The summed E-state index contributed by atoms with van der Waals surface area (Å²) in [5.41, 5.74) is 6.39. The minimum absolute atomic E-state index is 0.0147. The third-order valence-corrected chi connectivity index (χ3v) is 2.52. The molecule has 0 saturated carbocycles. The first-order valence-corrected chi connectivity index (χ1v) is 5.77. The van der Waals surface area contributed by atoms with Gasteiger partial charge in [0.2, 0.25) is 0 Å². The molecule has 0 radical (unpaired) electrons. The van der Waals surface area contributed by atoms with Crippen LogP contribution in [0.5, 0.6) is 11.6 Å². The fourth-order valence-electron chi connectivity index (χ4n) is 1.60. The molecule has 2 N–H and O–H groups in total. The molecule has 0 aliphatic carbocycles. The van der Waals surface area contributed by atoms with Crippen molar-refractivity contribution in [3.8, 4) is 11.6 Å². The van der Waals surface area contributed by atoms with Crippen molar-refractivity contribution in [1.82, 2.24) is 4.98 Å². The number of hydrogen-bond donors (Lipinski definition) is 1. The van der Waals surface area contributed by atoms with Crippen LogP contribution in [0.15, 0.2) is 42.6 Å². The Balaban J connectivity index is 2.19. The van der Waals surface area contributed by atoms with Crippen LogP contribution < -0.4 is 10.5 Å². The van der Waals surface area contributed by atoms with Gasteiger partial charge in [0.15, 0.2) is 0 Å². The number of rotatable bonds is 5. The minimum Gasteiger partial charge on any atom is -0.434 e. The lowest BCUT2D eigenvalue weighted by molar-refractivity contribution is -0.386. The van der Waals surface area contributed by atoms with E-state index in [4.69, 9.17) is 10.5 Å². The van der Waals surface area contributed by atoms with Gasteiger partial charge in [-0.05, 0) is 36.7 Å². The molecular weight excluding hydrogens is 246 g/mol. The number of nitro groups is 1. The first-order valence-electron chi connectivity index (χ1n) is 5.77. The van der Waals surface area contributed by atoms with Crippen molar-refractivity contribution in [3.63, 3.8) is 0 Å². The zero-order valence-corrected chi connectivity index (χ0v) is 10.2. The zero-order valence-electron chi connectivity index (χ0n) is 10.2. The Hall–Kier alpha value is -2.47. The summed E-state index contributed by atoms with van der Waals surface area (Å²) in [5.74, 6) is 0.488. The highest BCUT2D eigenvalue weighted by Gasteiger charge is 2.16. The molecule has 98 valence electrons. The SMILES string of the molecule is NCCc1ccc(Oc2ncccc2[N+](=O)[O-])cc1. The van der Waals surface area contributed by atoms with E-state index in [1.165, 1.54) is 18.3 Å². The minimum atomic E-state index is -0.523. The largest absolute Gasteiger partial charge is 0.434 e. The van der Waals surface area contributed by atoms with Gasteiger partial charge >= 0.3 is 5.69 Å². The molecule has 6 nitrogen and oxygen atoms in total. The molecule has 2 aromatic rings. The Morgan fingerprint density at radius 2 is 2.00 bits per heavy atom. The normalized spacial score (nSPS) is 10.2. The molecule has 6 heteroatoms. The van der Waals surface area contributed by atoms with Gasteiger partial charge in [-0.2, -0.15) is 0 Å². The second-order valence-corrected chi connectivity index (χ2v) is 3.87. The van der Waals surface area contributed by atoms with Gasteiger partial charge in [0.05, 0.1) is 4.92 Å². The van der Waals surface area contributed by atoms with Crippen molar-refractivity contribution in [2.75, 3.05) is 6.54 Å². The first kappa shape index (κ1) is 13.0. The van der Waals surface area contributed by atoms with Gasteiger partial charge in [-0.3, -0.25) is 10.1 Å². The van der Waals surface area contributed by atoms with Gasteiger partial charge in [-0.25, -0.2) is 4.98 Å². The van der Waals surface area contributed by atoms with Gasteiger partial charge < -0.3 is 10.5 Å². The number of nitrogens with two attached hydrogens (primary N) is 1. The molecular formula is C13H13N3O3. The monoisotopic (exact) mass is 259 g/mol. The third kappa shape index (κ3) is 3.26. The summed E-state index contributed by atoms with van der Waals surface area (Å²) < 4.78 is 5.42. The summed E-state index contributed by atoms with van der Waals surface area (Å²) in [5, 5.41) is 10.8.